The third kappa shape index (κ3) is 3.04. The number of hydrogen-bond donors (Lipinski definition) is 1. The first kappa shape index (κ1) is 16.6. The Balaban J connectivity index is 1.54. The Labute approximate surface area is 155 Å². The largest absolute Gasteiger partial charge is 0.368 e. The molecule has 2 aromatic carbocycles. The van der Waals surface area contributed by atoms with Crippen LogP contribution in [-0.2, 0) is 0 Å². The lowest BCUT2D eigenvalue weighted by molar-refractivity contribution is 0.0742. The van der Waals surface area contributed by atoms with Gasteiger partial charge in [-0.1, -0.05) is 35.9 Å². The first-order chi connectivity index (χ1) is 12.6. The summed E-state index contributed by atoms with van der Waals surface area (Å²) in [6.07, 6.45) is 0. The quantitative estimate of drug-likeness (QED) is 0.754. The molecule has 2 heterocycles. The van der Waals surface area contributed by atoms with E-state index in [2.05, 4.69) is 15.1 Å². The van der Waals surface area contributed by atoms with Crippen LogP contribution in [0.25, 0.3) is 10.8 Å². The van der Waals surface area contributed by atoms with E-state index in [1.165, 1.54) is 0 Å². The fraction of sp³-hybridized carbons (Fsp3) is 0.211. The molecule has 1 aromatic heterocycles. The maximum Gasteiger partial charge on any atom is 0.275 e. The van der Waals surface area contributed by atoms with Crippen LogP contribution in [0.1, 0.15) is 10.5 Å². The number of H-pyrrole nitrogens is 1. The van der Waals surface area contributed by atoms with Crippen molar-refractivity contribution >= 4 is 34.0 Å². The van der Waals surface area contributed by atoms with Crippen LogP contribution < -0.4 is 10.5 Å². The summed E-state index contributed by atoms with van der Waals surface area (Å²) in [5.74, 6) is -0.164. The van der Waals surface area contributed by atoms with Gasteiger partial charge in [0.2, 0.25) is 0 Å². The number of amides is 1. The number of hydrogen-bond acceptors (Lipinski definition) is 4. The zero-order chi connectivity index (χ0) is 18.1. The summed E-state index contributed by atoms with van der Waals surface area (Å²) in [6, 6.07) is 14.7. The summed E-state index contributed by atoms with van der Waals surface area (Å²) in [6.45, 7) is 2.60. The second kappa shape index (κ2) is 6.80. The van der Waals surface area contributed by atoms with Gasteiger partial charge in [-0.15, -0.1) is 0 Å². The number of aromatic nitrogens is 2. The average Bonchev–Trinajstić information content (AvgIpc) is 2.68. The van der Waals surface area contributed by atoms with Crippen molar-refractivity contribution in [1.82, 2.24) is 15.1 Å². The SMILES string of the molecule is O=C(c1n[nH]c(=O)c2ccccc12)N1CCN(c2cccc(Cl)c2)CC1. The molecule has 0 atom stereocenters. The van der Waals surface area contributed by atoms with E-state index in [4.69, 9.17) is 11.6 Å². The van der Waals surface area contributed by atoms with Crippen molar-refractivity contribution in [2.24, 2.45) is 0 Å². The maximum absolute atomic E-state index is 12.9. The number of anilines is 1. The molecule has 1 amide bonds. The van der Waals surface area contributed by atoms with E-state index < -0.39 is 0 Å². The van der Waals surface area contributed by atoms with Gasteiger partial charge in [-0.3, -0.25) is 9.59 Å². The fourth-order valence-corrected chi connectivity index (χ4v) is 3.45. The van der Waals surface area contributed by atoms with Crippen LogP contribution in [0.3, 0.4) is 0 Å². The highest BCUT2D eigenvalue weighted by Gasteiger charge is 2.25. The van der Waals surface area contributed by atoms with E-state index in [1.54, 1.807) is 29.2 Å². The molecule has 0 unspecified atom stereocenters. The third-order valence-corrected chi connectivity index (χ3v) is 4.87. The molecule has 0 radical (unpaired) electrons. The Morgan fingerprint density at radius 2 is 1.73 bits per heavy atom. The maximum atomic E-state index is 12.9. The molecule has 0 saturated carbocycles. The van der Waals surface area contributed by atoms with Gasteiger partial charge in [0.05, 0.1) is 5.39 Å². The predicted molar refractivity (Wildman–Crippen MR) is 102 cm³/mol. The van der Waals surface area contributed by atoms with Crippen LogP contribution in [0.5, 0.6) is 0 Å². The number of nitrogens with zero attached hydrogens (tertiary/aromatic N) is 3. The lowest BCUT2D eigenvalue weighted by atomic mass is 10.1. The smallest absolute Gasteiger partial charge is 0.275 e. The van der Waals surface area contributed by atoms with E-state index in [9.17, 15) is 9.59 Å². The molecule has 4 rings (SSSR count). The van der Waals surface area contributed by atoms with E-state index in [1.807, 2.05) is 24.3 Å². The Bertz CT molecular complexity index is 1030. The van der Waals surface area contributed by atoms with Crippen molar-refractivity contribution in [3.63, 3.8) is 0 Å². The second-order valence-corrected chi connectivity index (χ2v) is 6.64. The van der Waals surface area contributed by atoms with Crippen LogP contribution in [0, 0.1) is 0 Å². The van der Waals surface area contributed by atoms with Gasteiger partial charge in [-0.05, 0) is 24.3 Å². The summed E-state index contributed by atoms with van der Waals surface area (Å²) in [5, 5.41) is 8.19. The van der Waals surface area contributed by atoms with Gasteiger partial charge in [-0.25, -0.2) is 5.10 Å². The second-order valence-electron chi connectivity index (χ2n) is 6.21. The monoisotopic (exact) mass is 368 g/mol. The molecule has 1 N–H and O–H groups in total. The van der Waals surface area contributed by atoms with Crippen molar-refractivity contribution in [1.29, 1.82) is 0 Å². The van der Waals surface area contributed by atoms with Crippen molar-refractivity contribution in [3.05, 3.63) is 69.6 Å². The van der Waals surface area contributed by atoms with Gasteiger partial charge in [0, 0.05) is 42.3 Å². The first-order valence-electron chi connectivity index (χ1n) is 8.41. The standard InChI is InChI=1S/C19H17ClN4O2/c20-13-4-3-5-14(12-13)23-8-10-24(11-9-23)19(26)17-15-6-1-2-7-16(15)18(25)22-21-17/h1-7,12H,8-11H2,(H,22,25). The van der Waals surface area contributed by atoms with Crippen molar-refractivity contribution in [3.8, 4) is 0 Å². The van der Waals surface area contributed by atoms with Gasteiger partial charge in [0.25, 0.3) is 11.5 Å². The molecule has 26 heavy (non-hydrogen) atoms. The Hall–Kier alpha value is -2.86. The van der Waals surface area contributed by atoms with Gasteiger partial charge < -0.3 is 9.80 Å². The molecule has 0 spiro atoms. The number of carbonyl (C=O) groups is 1. The van der Waals surface area contributed by atoms with Gasteiger partial charge in [-0.2, -0.15) is 5.10 Å². The predicted octanol–water partition coefficient (Wildman–Crippen LogP) is 2.54. The highest BCUT2D eigenvalue weighted by molar-refractivity contribution is 6.30. The summed E-state index contributed by atoms with van der Waals surface area (Å²) in [4.78, 5) is 28.8. The number of rotatable bonds is 2. The number of benzene rings is 2. The molecular weight excluding hydrogens is 352 g/mol. The third-order valence-electron chi connectivity index (χ3n) is 4.64. The molecule has 132 valence electrons. The van der Waals surface area contributed by atoms with Crippen LogP contribution in [0.4, 0.5) is 5.69 Å². The molecule has 0 bridgehead atoms. The molecule has 6 nitrogen and oxygen atoms in total. The minimum atomic E-state index is -0.289. The Morgan fingerprint density at radius 3 is 2.46 bits per heavy atom. The zero-order valence-corrected chi connectivity index (χ0v) is 14.7. The summed E-state index contributed by atoms with van der Waals surface area (Å²) in [7, 11) is 0. The van der Waals surface area contributed by atoms with Crippen LogP contribution in [-0.4, -0.2) is 47.2 Å². The van der Waals surface area contributed by atoms with Crippen molar-refractivity contribution < 1.29 is 4.79 Å². The molecule has 1 fully saturated rings. The number of nitrogens with one attached hydrogen (secondary N) is 1. The van der Waals surface area contributed by atoms with E-state index in [0.717, 1.165) is 5.69 Å². The molecular formula is C19H17ClN4O2. The highest BCUT2D eigenvalue weighted by atomic mass is 35.5. The normalized spacial score (nSPS) is 14.7. The lowest BCUT2D eigenvalue weighted by Crippen LogP contribution is -2.49. The Kier molecular flexibility index (Phi) is 4.34. The van der Waals surface area contributed by atoms with Crippen LogP contribution in [0.2, 0.25) is 5.02 Å². The molecule has 3 aromatic rings. The molecule has 0 aliphatic carbocycles. The van der Waals surface area contributed by atoms with Crippen LogP contribution in [0.15, 0.2) is 53.3 Å². The minimum absolute atomic E-state index is 0.164. The number of fused-ring (bicyclic) bond motifs is 1. The fourth-order valence-electron chi connectivity index (χ4n) is 3.27. The number of aromatic amines is 1. The lowest BCUT2D eigenvalue weighted by Gasteiger charge is -2.36. The van der Waals surface area contributed by atoms with E-state index >= 15 is 0 Å². The Morgan fingerprint density at radius 1 is 1.00 bits per heavy atom. The zero-order valence-electron chi connectivity index (χ0n) is 14.0. The van der Waals surface area contributed by atoms with Crippen molar-refractivity contribution in [2.75, 3.05) is 31.1 Å². The van der Waals surface area contributed by atoms with Crippen LogP contribution >= 0.6 is 11.6 Å². The minimum Gasteiger partial charge on any atom is -0.368 e. The van der Waals surface area contributed by atoms with Gasteiger partial charge in [0.15, 0.2) is 5.69 Å². The van der Waals surface area contributed by atoms with Crippen molar-refractivity contribution in [2.45, 2.75) is 0 Å². The summed E-state index contributed by atoms with van der Waals surface area (Å²) < 4.78 is 0. The number of piperazine rings is 1. The first-order valence-corrected chi connectivity index (χ1v) is 8.78. The van der Waals surface area contributed by atoms with E-state index in [-0.39, 0.29) is 17.2 Å². The summed E-state index contributed by atoms with van der Waals surface area (Å²) >= 11 is 6.06. The molecule has 1 aliphatic heterocycles. The summed E-state index contributed by atoms with van der Waals surface area (Å²) in [5.41, 5.74) is 1.05. The molecule has 7 heteroatoms. The number of halogens is 1. The molecule has 1 saturated heterocycles. The highest BCUT2D eigenvalue weighted by Crippen LogP contribution is 2.22. The van der Waals surface area contributed by atoms with Gasteiger partial charge in [0.1, 0.15) is 0 Å². The average molecular weight is 369 g/mol. The van der Waals surface area contributed by atoms with Gasteiger partial charge >= 0.3 is 0 Å². The topological polar surface area (TPSA) is 69.3 Å². The number of carbonyl (C=O) groups excluding carboxylic acids is 1. The molecule has 1 aliphatic rings. The van der Waals surface area contributed by atoms with E-state index in [0.29, 0.717) is 42.0 Å².